The first kappa shape index (κ1) is 37.9. The molecular formula is C39H42Cl2N4O5S. The third-order valence-electron chi connectivity index (χ3n) is 9.53. The standard InChI is InChI=1S/C39H42Cl2N4O5S/c1-8-38(4,5)26-15-22-34(31(23-26)39(6,7)9-2)50-45(25(3)46)29-19-17-28(18-20-29)44-37(47)35(51(48,49)30-13-11-10-12-14-30)36(43-44)42-33-21-16-27(40)24-32(33)41/h10-24,35H,8-9H2,1-7H3,(H,42,43). The van der Waals surface area contributed by atoms with Crippen LogP contribution in [0.4, 0.5) is 17.1 Å². The molecule has 1 aliphatic heterocycles. The Hall–Kier alpha value is -4.38. The molecule has 0 bridgehead atoms. The van der Waals surface area contributed by atoms with Crippen molar-refractivity contribution in [3.8, 4) is 5.75 Å². The summed E-state index contributed by atoms with van der Waals surface area (Å²) < 4.78 is 27.8. The summed E-state index contributed by atoms with van der Waals surface area (Å²) in [5, 5.41) is 8.52. The van der Waals surface area contributed by atoms with Gasteiger partial charge >= 0.3 is 0 Å². The zero-order valence-corrected chi connectivity index (χ0v) is 32.0. The fraction of sp³-hybridized carbons (Fsp3) is 0.308. The normalized spacial score (nSPS) is 15.1. The van der Waals surface area contributed by atoms with Crippen LogP contribution in [0.2, 0.25) is 10.0 Å². The van der Waals surface area contributed by atoms with Gasteiger partial charge in [-0.2, -0.15) is 5.01 Å². The number of anilines is 3. The van der Waals surface area contributed by atoms with Crippen molar-refractivity contribution < 1.29 is 22.8 Å². The van der Waals surface area contributed by atoms with Crippen LogP contribution in [-0.2, 0) is 30.3 Å². The third kappa shape index (κ3) is 7.78. The molecular weight excluding hydrogens is 707 g/mol. The maximum absolute atomic E-state index is 14.0. The molecule has 51 heavy (non-hydrogen) atoms. The van der Waals surface area contributed by atoms with E-state index >= 15 is 0 Å². The average molecular weight is 750 g/mol. The quantitative estimate of drug-likeness (QED) is 0.153. The molecule has 0 spiro atoms. The highest BCUT2D eigenvalue weighted by atomic mass is 35.5. The minimum atomic E-state index is -4.25. The summed E-state index contributed by atoms with van der Waals surface area (Å²) in [6.45, 7) is 14.4. The topological polar surface area (TPSA) is 108 Å². The van der Waals surface area contributed by atoms with Crippen LogP contribution in [-0.4, -0.2) is 31.3 Å². The second-order valence-corrected chi connectivity index (χ2v) is 16.6. The van der Waals surface area contributed by atoms with Crippen LogP contribution < -0.4 is 20.2 Å². The average Bonchev–Trinajstić information content (AvgIpc) is 3.44. The van der Waals surface area contributed by atoms with E-state index in [9.17, 15) is 18.0 Å². The molecule has 0 aliphatic carbocycles. The molecule has 1 N–H and O–H groups in total. The number of hydrogen-bond acceptors (Lipinski definition) is 7. The van der Waals surface area contributed by atoms with Crippen molar-refractivity contribution >= 4 is 67.8 Å². The van der Waals surface area contributed by atoms with Crippen molar-refractivity contribution in [2.24, 2.45) is 5.10 Å². The van der Waals surface area contributed by atoms with Gasteiger partial charge in [-0.15, -0.1) is 10.2 Å². The molecule has 2 amide bonds. The van der Waals surface area contributed by atoms with E-state index in [2.05, 4.69) is 58.0 Å². The van der Waals surface area contributed by atoms with E-state index in [0.29, 0.717) is 22.1 Å². The maximum atomic E-state index is 14.0. The molecule has 0 radical (unpaired) electrons. The van der Waals surface area contributed by atoms with Crippen molar-refractivity contribution in [2.75, 3.05) is 15.4 Å². The summed E-state index contributed by atoms with van der Waals surface area (Å²) in [5.74, 6) is -0.731. The van der Waals surface area contributed by atoms with E-state index in [0.717, 1.165) is 23.4 Å². The van der Waals surface area contributed by atoms with E-state index in [1.165, 1.54) is 35.7 Å². The number of hydrazone groups is 1. The lowest BCUT2D eigenvalue weighted by Gasteiger charge is -2.32. The van der Waals surface area contributed by atoms with Gasteiger partial charge in [0.2, 0.25) is 5.25 Å². The lowest BCUT2D eigenvalue weighted by molar-refractivity contribution is -0.120. The van der Waals surface area contributed by atoms with Crippen LogP contribution in [0.3, 0.4) is 0 Å². The predicted molar refractivity (Wildman–Crippen MR) is 206 cm³/mol. The predicted octanol–water partition coefficient (Wildman–Crippen LogP) is 9.33. The molecule has 1 atom stereocenters. The number of carbonyl (C=O) groups is 2. The van der Waals surface area contributed by atoms with Crippen molar-refractivity contribution in [1.82, 2.24) is 0 Å². The second-order valence-electron chi connectivity index (χ2n) is 13.7. The van der Waals surface area contributed by atoms with E-state index in [1.807, 2.05) is 12.1 Å². The number of carbonyl (C=O) groups excluding carboxylic acids is 2. The van der Waals surface area contributed by atoms with Crippen LogP contribution in [0.1, 0.15) is 72.4 Å². The van der Waals surface area contributed by atoms with Crippen LogP contribution in [0.15, 0.2) is 101 Å². The molecule has 12 heteroatoms. The Morgan fingerprint density at radius 1 is 0.902 bits per heavy atom. The number of nitrogens with one attached hydrogen (secondary N) is 1. The number of hydrogen-bond donors (Lipinski definition) is 1. The fourth-order valence-electron chi connectivity index (χ4n) is 5.55. The Morgan fingerprint density at radius 2 is 1.55 bits per heavy atom. The molecule has 0 saturated heterocycles. The number of sulfone groups is 1. The number of benzene rings is 4. The molecule has 0 fully saturated rings. The van der Waals surface area contributed by atoms with Crippen LogP contribution in [0.25, 0.3) is 0 Å². The van der Waals surface area contributed by atoms with E-state index in [1.54, 1.807) is 54.6 Å². The summed E-state index contributed by atoms with van der Waals surface area (Å²) in [5.41, 5.74) is 2.88. The smallest absolute Gasteiger partial charge is 0.274 e. The van der Waals surface area contributed by atoms with E-state index in [4.69, 9.17) is 28.0 Å². The Labute approximate surface area is 310 Å². The molecule has 1 aliphatic rings. The maximum Gasteiger partial charge on any atom is 0.274 e. The molecule has 1 heterocycles. The van der Waals surface area contributed by atoms with Crippen molar-refractivity contribution in [1.29, 1.82) is 0 Å². The first-order valence-electron chi connectivity index (χ1n) is 16.7. The lowest BCUT2D eigenvalue weighted by Crippen LogP contribution is -2.41. The lowest BCUT2D eigenvalue weighted by atomic mass is 9.76. The van der Waals surface area contributed by atoms with Gasteiger partial charge in [0.1, 0.15) is 0 Å². The number of halogens is 2. The van der Waals surface area contributed by atoms with Gasteiger partial charge in [0.25, 0.3) is 11.8 Å². The van der Waals surface area contributed by atoms with Gasteiger partial charge in [0, 0.05) is 17.5 Å². The number of hydroxylamine groups is 1. The highest BCUT2D eigenvalue weighted by molar-refractivity contribution is 7.93. The van der Waals surface area contributed by atoms with Gasteiger partial charge in [-0.25, -0.2) is 8.42 Å². The molecule has 4 aromatic rings. The number of amidine groups is 1. The van der Waals surface area contributed by atoms with E-state index < -0.39 is 21.0 Å². The first-order valence-corrected chi connectivity index (χ1v) is 19.0. The van der Waals surface area contributed by atoms with Crippen LogP contribution in [0, 0.1) is 0 Å². The van der Waals surface area contributed by atoms with Gasteiger partial charge in [0.15, 0.2) is 21.4 Å². The van der Waals surface area contributed by atoms with Crippen LogP contribution >= 0.6 is 23.2 Å². The highest BCUT2D eigenvalue weighted by Gasteiger charge is 2.47. The molecule has 0 aromatic heterocycles. The van der Waals surface area contributed by atoms with Gasteiger partial charge < -0.3 is 10.2 Å². The number of nitrogens with zero attached hydrogens (tertiary/aromatic N) is 3. The third-order valence-corrected chi connectivity index (χ3v) is 12.0. The molecule has 0 saturated carbocycles. The molecule has 9 nitrogen and oxygen atoms in total. The van der Waals surface area contributed by atoms with E-state index in [-0.39, 0.29) is 38.2 Å². The van der Waals surface area contributed by atoms with Gasteiger partial charge in [-0.3, -0.25) is 9.59 Å². The summed E-state index contributed by atoms with van der Waals surface area (Å²) in [4.78, 5) is 33.3. The fourth-order valence-corrected chi connectivity index (χ4v) is 7.58. The zero-order chi connectivity index (χ0) is 37.3. The number of amides is 2. The Kier molecular flexibility index (Phi) is 10.9. The molecule has 268 valence electrons. The van der Waals surface area contributed by atoms with Crippen molar-refractivity contribution in [3.05, 3.63) is 112 Å². The Bertz CT molecular complexity index is 2080. The SMILES string of the molecule is CCC(C)(C)c1ccc(ON(C(C)=O)c2ccc(N3N=C(Nc4ccc(Cl)cc4Cl)C(S(=O)(=O)c4ccccc4)C3=O)cc2)c(C(C)(C)CC)c1. The van der Waals surface area contributed by atoms with Crippen molar-refractivity contribution in [2.45, 2.75) is 82.3 Å². The minimum absolute atomic E-state index is 0.0385. The highest BCUT2D eigenvalue weighted by Crippen LogP contribution is 2.40. The summed E-state index contributed by atoms with van der Waals surface area (Å²) in [6.07, 6.45) is 1.81. The monoisotopic (exact) mass is 748 g/mol. The Morgan fingerprint density at radius 3 is 2.14 bits per heavy atom. The summed E-state index contributed by atoms with van der Waals surface area (Å²) in [7, 11) is -4.25. The van der Waals surface area contributed by atoms with Gasteiger partial charge in [0.05, 0.1) is 27.0 Å². The molecule has 1 unspecified atom stereocenters. The minimum Gasteiger partial charge on any atom is -0.372 e. The summed E-state index contributed by atoms with van der Waals surface area (Å²) in [6, 6.07) is 24.8. The van der Waals surface area contributed by atoms with Gasteiger partial charge in [-0.1, -0.05) is 95.1 Å². The molecule has 5 rings (SSSR count). The van der Waals surface area contributed by atoms with Crippen LogP contribution in [0.5, 0.6) is 5.75 Å². The first-order chi connectivity index (χ1) is 24.0. The summed E-state index contributed by atoms with van der Waals surface area (Å²) >= 11 is 12.5. The van der Waals surface area contributed by atoms with Gasteiger partial charge in [-0.05, 0) is 89.9 Å². The second kappa shape index (κ2) is 14.7. The van der Waals surface area contributed by atoms with Crippen molar-refractivity contribution in [3.63, 3.8) is 0 Å². The zero-order valence-electron chi connectivity index (χ0n) is 29.7. The number of rotatable bonds is 11. The largest absolute Gasteiger partial charge is 0.372 e. The molecule has 4 aromatic carbocycles. The Balaban J connectivity index is 1.50.